The number of quaternary nitrogens is 1. The highest BCUT2D eigenvalue weighted by Crippen LogP contribution is 2.38. The highest BCUT2D eigenvalue weighted by Gasteiger charge is 2.21. The first-order chi connectivity index (χ1) is 29.5. The summed E-state index contributed by atoms with van der Waals surface area (Å²) in [5.41, 5.74) is 0. The summed E-state index contributed by atoms with van der Waals surface area (Å²) >= 11 is 0. The molecular formula is C51H94NO8P. The maximum atomic E-state index is 12.7. The second kappa shape index (κ2) is 43.2. The normalized spacial score (nSPS) is 13.9. The lowest BCUT2D eigenvalue weighted by molar-refractivity contribution is -0.870. The number of esters is 2. The maximum absolute atomic E-state index is 12.7. The molecule has 0 rings (SSSR count). The van der Waals surface area contributed by atoms with E-state index in [0.717, 1.165) is 57.8 Å². The Morgan fingerprint density at radius 1 is 0.525 bits per heavy atom. The highest BCUT2D eigenvalue weighted by molar-refractivity contribution is 7.45. The summed E-state index contributed by atoms with van der Waals surface area (Å²) < 4.78 is 33.9. The zero-order valence-electron chi connectivity index (χ0n) is 40.1. The van der Waals surface area contributed by atoms with Crippen molar-refractivity contribution in [2.75, 3.05) is 47.5 Å². The second-order valence-corrected chi connectivity index (χ2v) is 19.2. The van der Waals surface area contributed by atoms with Gasteiger partial charge >= 0.3 is 11.9 Å². The van der Waals surface area contributed by atoms with Crippen LogP contribution in [-0.2, 0) is 32.7 Å². The summed E-state index contributed by atoms with van der Waals surface area (Å²) in [5.74, 6) is -0.877. The number of nitrogens with zero attached hydrogens (tertiary/aromatic N) is 1. The standard InChI is InChI=1S/C51H94NO8P/c1-6-8-10-12-14-16-18-20-22-23-24-25-26-27-28-30-31-33-35-37-39-41-43-50(53)57-47-49(48-59-61(55,56)58-46-45-52(3,4)5)60-51(54)44-42-40-38-36-34-32-29-21-19-17-15-13-11-9-7-2/h9,11,15,17,21,29,34,36,49H,6-8,10,12-14,16,18-20,22-28,30-33,35,37-48H2,1-5H3/b11-9-,17-15-,29-21-,36-34-. The Bertz CT molecular complexity index is 1180. The Morgan fingerprint density at radius 2 is 0.934 bits per heavy atom. The Labute approximate surface area is 375 Å². The number of phosphoric acid groups is 1. The van der Waals surface area contributed by atoms with Crippen molar-refractivity contribution in [2.24, 2.45) is 0 Å². The molecule has 0 aliphatic heterocycles. The van der Waals surface area contributed by atoms with Crippen LogP contribution in [0.3, 0.4) is 0 Å². The van der Waals surface area contributed by atoms with Gasteiger partial charge in [0.1, 0.15) is 19.8 Å². The van der Waals surface area contributed by atoms with Crippen LogP contribution in [0.5, 0.6) is 0 Å². The van der Waals surface area contributed by atoms with E-state index in [0.29, 0.717) is 17.4 Å². The average molecular weight is 880 g/mol. The zero-order valence-corrected chi connectivity index (χ0v) is 41.0. The van der Waals surface area contributed by atoms with Gasteiger partial charge in [0.15, 0.2) is 6.10 Å². The number of carbonyl (C=O) groups excluding carboxylic acids is 2. The van der Waals surface area contributed by atoms with Gasteiger partial charge < -0.3 is 27.9 Å². The van der Waals surface area contributed by atoms with Gasteiger partial charge in [0.05, 0.1) is 27.7 Å². The predicted molar refractivity (Wildman–Crippen MR) is 254 cm³/mol. The molecule has 9 nitrogen and oxygen atoms in total. The van der Waals surface area contributed by atoms with E-state index in [1.807, 2.05) is 21.1 Å². The fourth-order valence-corrected chi connectivity index (χ4v) is 7.49. The second-order valence-electron chi connectivity index (χ2n) is 17.8. The minimum atomic E-state index is -4.64. The van der Waals surface area contributed by atoms with E-state index in [9.17, 15) is 19.0 Å². The molecule has 0 fully saturated rings. The summed E-state index contributed by atoms with van der Waals surface area (Å²) in [5, 5.41) is 0. The number of allylic oxidation sites excluding steroid dienone is 8. The van der Waals surface area contributed by atoms with Gasteiger partial charge in [-0.1, -0.05) is 197 Å². The van der Waals surface area contributed by atoms with Crippen molar-refractivity contribution < 1.29 is 42.1 Å². The van der Waals surface area contributed by atoms with Gasteiger partial charge in [-0.05, 0) is 51.4 Å². The number of hydrogen-bond donors (Lipinski definition) is 0. The van der Waals surface area contributed by atoms with Crippen molar-refractivity contribution in [1.29, 1.82) is 0 Å². The smallest absolute Gasteiger partial charge is 0.306 e. The van der Waals surface area contributed by atoms with Gasteiger partial charge in [0, 0.05) is 12.8 Å². The van der Waals surface area contributed by atoms with Crippen LogP contribution in [-0.4, -0.2) is 70.0 Å². The van der Waals surface area contributed by atoms with Crippen molar-refractivity contribution in [3.05, 3.63) is 48.6 Å². The molecule has 0 aliphatic carbocycles. The van der Waals surface area contributed by atoms with Gasteiger partial charge in [-0.15, -0.1) is 0 Å². The largest absolute Gasteiger partial charge is 0.756 e. The minimum absolute atomic E-state index is 0.0392. The predicted octanol–water partition coefficient (Wildman–Crippen LogP) is 14.0. The molecule has 0 aromatic carbocycles. The molecule has 0 aromatic rings. The van der Waals surface area contributed by atoms with E-state index in [-0.39, 0.29) is 26.1 Å². The van der Waals surface area contributed by atoms with Crippen molar-refractivity contribution in [3.63, 3.8) is 0 Å². The number of phosphoric ester groups is 1. The number of rotatable bonds is 45. The third kappa shape index (κ3) is 47.3. The van der Waals surface area contributed by atoms with Gasteiger partial charge in [-0.2, -0.15) is 0 Å². The van der Waals surface area contributed by atoms with Crippen LogP contribution in [0, 0.1) is 0 Å². The monoisotopic (exact) mass is 880 g/mol. The third-order valence-electron chi connectivity index (χ3n) is 10.6. The van der Waals surface area contributed by atoms with E-state index in [1.165, 1.54) is 122 Å². The first kappa shape index (κ1) is 59.0. The van der Waals surface area contributed by atoms with Crippen LogP contribution in [0.2, 0.25) is 0 Å². The lowest BCUT2D eigenvalue weighted by atomic mass is 10.0. The summed E-state index contributed by atoms with van der Waals surface area (Å²) in [6, 6.07) is 0. The lowest BCUT2D eigenvalue weighted by Gasteiger charge is -2.28. The van der Waals surface area contributed by atoms with Crippen molar-refractivity contribution in [3.8, 4) is 0 Å². The maximum Gasteiger partial charge on any atom is 0.306 e. The molecule has 0 amide bonds. The van der Waals surface area contributed by atoms with E-state index in [1.54, 1.807) is 0 Å². The molecule has 0 radical (unpaired) electrons. The van der Waals surface area contributed by atoms with E-state index in [2.05, 4.69) is 62.5 Å². The lowest BCUT2D eigenvalue weighted by Crippen LogP contribution is -2.37. The van der Waals surface area contributed by atoms with Crippen LogP contribution < -0.4 is 4.89 Å². The number of likely N-dealkylation sites (N-methyl/N-ethyl adjacent to an activating group) is 1. The molecule has 0 heterocycles. The molecule has 0 saturated heterocycles. The van der Waals surface area contributed by atoms with E-state index < -0.39 is 32.5 Å². The molecular weight excluding hydrogens is 786 g/mol. The van der Waals surface area contributed by atoms with Crippen molar-refractivity contribution in [1.82, 2.24) is 0 Å². The van der Waals surface area contributed by atoms with Crippen LogP contribution in [0.25, 0.3) is 0 Å². The van der Waals surface area contributed by atoms with Gasteiger partial charge in [0.25, 0.3) is 7.82 Å². The van der Waals surface area contributed by atoms with Gasteiger partial charge in [-0.3, -0.25) is 14.2 Å². The average Bonchev–Trinajstić information content (AvgIpc) is 3.21. The topological polar surface area (TPSA) is 111 Å². The molecule has 0 spiro atoms. The first-order valence-corrected chi connectivity index (χ1v) is 26.3. The zero-order chi connectivity index (χ0) is 45.0. The van der Waals surface area contributed by atoms with Crippen LogP contribution >= 0.6 is 7.82 Å². The fourth-order valence-electron chi connectivity index (χ4n) is 6.76. The quantitative estimate of drug-likeness (QED) is 0.0195. The van der Waals surface area contributed by atoms with Gasteiger partial charge in [0.2, 0.25) is 0 Å². The minimum Gasteiger partial charge on any atom is -0.756 e. The van der Waals surface area contributed by atoms with Crippen LogP contribution in [0.1, 0.15) is 213 Å². The molecule has 2 unspecified atom stereocenters. The molecule has 356 valence electrons. The number of unbranched alkanes of at least 4 members (excludes halogenated alkanes) is 23. The Balaban J connectivity index is 4.25. The summed E-state index contributed by atoms with van der Waals surface area (Å²) in [6.45, 7) is 4.09. The highest BCUT2D eigenvalue weighted by atomic mass is 31.2. The molecule has 0 aromatic heterocycles. The molecule has 0 N–H and O–H groups in total. The number of carbonyl (C=O) groups is 2. The third-order valence-corrected chi connectivity index (χ3v) is 11.6. The molecule has 0 bridgehead atoms. The van der Waals surface area contributed by atoms with E-state index in [4.69, 9.17) is 18.5 Å². The van der Waals surface area contributed by atoms with Crippen molar-refractivity contribution >= 4 is 19.8 Å². The van der Waals surface area contributed by atoms with Crippen molar-refractivity contribution in [2.45, 2.75) is 219 Å². The van der Waals surface area contributed by atoms with Gasteiger partial charge in [-0.25, -0.2) is 0 Å². The Kier molecular flexibility index (Phi) is 41.8. The Morgan fingerprint density at radius 3 is 1.39 bits per heavy atom. The molecule has 0 saturated carbocycles. The summed E-state index contributed by atoms with van der Waals surface area (Å²) in [4.78, 5) is 37.6. The first-order valence-electron chi connectivity index (χ1n) is 24.8. The fraction of sp³-hybridized carbons (Fsp3) is 0.804. The van der Waals surface area contributed by atoms with E-state index >= 15 is 0 Å². The SMILES string of the molecule is CC/C=C\C/C=C\C/C=C\C/C=C\CCCCC(=O)OC(COC(=O)CCCCCCCCCCCCCCCCCCCCCCCC)COP(=O)([O-])OCC[N+](C)(C)C. The molecule has 2 atom stereocenters. The Hall–Kier alpha value is -2.03. The van der Waals surface area contributed by atoms with Crippen LogP contribution in [0.4, 0.5) is 0 Å². The molecule has 61 heavy (non-hydrogen) atoms. The molecule has 0 aliphatic rings. The number of ether oxygens (including phenoxy) is 2. The number of hydrogen-bond acceptors (Lipinski definition) is 8. The summed E-state index contributed by atoms with van der Waals surface area (Å²) in [6.07, 6.45) is 51.6. The van der Waals surface area contributed by atoms with Crippen LogP contribution in [0.15, 0.2) is 48.6 Å². The summed E-state index contributed by atoms with van der Waals surface area (Å²) in [7, 11) is 1.14. The molecule has 10 heteroatoms.